The molecule has 0 aliphatic rings. The molecular formula is C16H23F2N3O3. The lowest BCUT2D eigenvalue weighted by atomic mass is 10.0. The van der Waals surface area contributed by atoms with Gasteiger partial charge in [0, 0.05) is 39.2 Å². The number of halogens is 2. The van der Waals surface area contributed by atoms with Gasteiger partial charge >= 0.3 is 0 Å². The maximum absolute atomic E-state index is 13.9. The molecule has 0 aliphatic heterocycles. The third kappa shape index (κ3) is 7.01. The molecule has 1 aromatic rings. The van der Waals surface area contributed by atoms with Gasteiger partial charge in [0.15, 0.2) is 0 Å². The Hall–Kier alpha value is -2.06. The van der Waals surface area contributed by atoms with Gasteiger partial charge in [-0.05, 0) is 12.1 Å². The van der Waals surface area contributed by atoms with Crippen LogP contribution < -0.4 is 16.0 Å². The second-order valence-electron chi connectivity index (χ2n) is 5.19. The molecule has 24 heavy (non-hydrogen) atoms. The average Bonchev–Trinajstić information content (AvgIpc) is 2.50. The molecule has 134 valence electrons. The summed E-state index contributed by atoms with van der Waals surface area (Å²) >= 11 is 0. The molecule has 0 saturated carbocycles. The van der Waals surface area contributed by atoms with Gasteiger partial charge in [0.25, 0.3) is 0 Å². The number of methoxy groups -OCH3 is 1. The Morgan fingerprint density at radius 2 is 1.83 bits per heavy atom. The van der Waals surface area contributed by atoms with E-state index in [1.54, 1.807) is 7.11 Å². The fraction of sp³-hybridized carbons (Fsp3) is 0.500. The van der Waals surface area contributed by atoms with Gasteiger partial charge in [-0.25, -0.2) is 8.78 Å². The zero-order valence-corrected chi connectivity index (χ0v) is 13.8. The predicted octanol–water partition coefficient (Wildman–Crippen LogP) is 0.884. The number of nitrogens with one attached hydrogen (secondary N) is 3. The van der Waals surface area contributed by atoms with E-state index in [0.29, 0.717) is 26.2 Å². The minimum atomic E-state index is -1.06. The van der Waals surface area contributed by atoms with Crippen molar-refractivity contribution in [1.82, 2.24) is 16.0 Å². The molecule has 8 heteroatoms. The van der Waals surface area contributed by atoms with Gasteiger partial charge in [-0.2, -0.15) is 0 Å². The van der Waals surface area contributed by atoms with Crippen molar-refractivity contribution in [1.29, 1.82) is 0 Å². The molecule has 1 rings (SSSR count). The van der Waals surface area contributed by atoms with Crippen LogP contribution in [0.15, 0.2) is 18.2 Å². The quantitative estimate of drug-likeness (QED) is 0.551. The summed E-state index contributed by atoms with van der Waals surface area (Å²) in [5, 5.41) is 8.10. The SMILES string of the molecule is COCCNCCNC(=O)CC(NC(C)=O)c1c(F)cccc1F. The number of carbonyl (C=O) groups excluding carboxylic acids is 2. The van der Waals surface area contributed by atoms with Crippen molar-refractivity contribution in [3.63, 3.8) is 0 Å². The lowest BCUT2D eigenvalue weighted by Gasteiger charge is -2.19. The van der Waals surface area contributed by atoms with Crippen LogP contribution in [0, 0.1) is 11.6 Å². The van der Waals surface area contributed by atoms with Gasteiger partial charge in [0.05, 0.1) is 19.1 Å². The minimum absolute atomic E-state index is 0.254. The van der Waals surface area contributed by atoms with Gasteiger partial charge < -0.3 is 20.7 Å². The van der Waals surface area contributed by atoms with Crippen LogP contribution in [0.4, 0.5) is 8.78 Å². The normalized spacial score (nSPS) is 11.8. The molecule has 3 N–H and O–H groups in total. The fourth-order valence-electron chi connectivity index (χ4n) is 2.16. The van der Waals surface area contributed by atoms with E-state index in [-0.39, 0.29) is 12.0 Å². The lowest BCUT2D eigenvalue weighted by Crippen LogP contribution is -2.36. The average molecular weight is 343 g/mol. The van der Waals surface area contributed by atoms with Crippen molar-refractivity contribution in [2.24, 2.45) is 0 Å². The molecular weight excluding hydrogens is 320 g/mol. The summed E-state index contributed by atoms with van der Waals surface area (Å²) in [6.45, 7) is 3.33. The lowest BCUT2D eigenvalue weighted by molar-refractivity contribution is -0.122. The summed E-state index contributed by atoms with van der Waals surface area (Å²) in [4.78, 5) is 23.2. The molecule has 0 aliphatic carbocycles. The number of hydrogen-bond acceptors (Lipinski definition) is 4. The second-order valence-corrected chi connectivity index (χ2v) is 5.19. The van der Waals surface area contributed by atoms with E-state index >= 15 is 0 Å². The molecule has 0 fully saturated rings. The van der Waals surface area contributed by atoms with Crippen molar-refractivity contribution in [2.75, 3.05) is 33.4 Å². The Labute approximate surface area is 139 Å². The van der Waals surface area contributed by atoms with Crippen molar-refractivity contribution in [3.8, 4) is 0 Å². The third-order valence-electron chi connectivity index (χ3n) is 3.22. The van der Waals surface area contributed by atoms with Crippen LogP contribution in [0.3, 0.4) is 0 Å². The highest BCUT2D eigenvalue weighted by molar-refractivity contribution is 5.79. The highest BCUT2D eigenvalue weighted by atomic mass is 19.1. The smallest absolute Gasteiger partial charge is 0.222 e. The molecule has 0 bridgehead atoms. The van der Waals surface area contributed by atoms with Crippen LogP contribution in [0.25, 0.3) is 0 Å². The van der Waals surface area contributed by atoms with Crippen LogP contribution >= 0.6 is 0 Å². The van der Waals surface area contributed by atoms with E-state index < -0.39 is 29.5 Å². The first kappa shape index (κ1) is 20.0. The van der Waals surface area contributed by atoms with E-state index in [4.69, 9.17) is 4.74 Å². The second kappa shape index (κ2) is 10.7. The van der Waals surface area contributed by atoms with E-state index in [1.165, 1.54) is 13.0 Å². The molecule has 0 aromatic heterocycles. The maximum atomic E-state index is 13.9. The zero-order valence-electron chi connectivity index (χ0n) is 13.8. The first-order valence-corrected chi connectivity index (χ1v) is 7.63. The Morgan fingerprint density at radius 3 is 2.42 bits per heavy atom. The van der Waals surface area contributed by atoms with E-state index in [9.17, 15) is 18.4 Å². The van der Waals surface area contributed by atoms with Crippen LogP contribution in [0.2, 0.25) is 0 Å². The summed E-state index contributed by atoms with van der Waals surface area (Å²) in [7, 11) is 1.59. The van der Waals surface area contributed by atoms with E-state index in [0.717, 1.165) is 12.1 Å². The fourth-order valence-corrected chi connectivity index (χ4v) is 2.16. The van der Waals surface area contributed by atoms with Crippen molar-refractivity contribution in [2.45, 2.75) is 19.4 Å². The van der Waals surface area contributed by atoms with Gasteiger partial charge in [0.1, 0.15) is 11.6 Å². The third-order valence-corrected chi connectivity index (χ3v) is 3.22. The zero-order chi connectivity index (χ0) is 17.9. The number of amides is 2. The summed E-state index contributed by atoms with van der Waals surface area (Å²) in [6, 6.07) is 2.34. The summed E-state index contributed by atoms with van der Waals surface area (Å²) in [5.74, 6) is -2.49. The molecule has 0 heterocycles. The number of rotatable bonds is 10. The topological polar surface area (TPSA) is 79.5 Å². The van der Waals surface area contributed by atoms with Crippen LogP contribution in [-0.2, 0) is 14.3 Å². The van der Waals surface area contributed by atoms with E-state index in [1.807, 2.05) is 0 Å². The monoisotopic (exact) mass is 343 g/mol. The van der Waals surface area contributed by atoms with Gasteiger partial charge in [-0.1, -0.05) is 6.07 Å². The number of ether oxygens (including phenoxy) is 1. The van der Waals surface area contributed by atoms with Crippen molar-refractivity contribution in [3.05, 3.63) is 35.4 Å². The Balaban J connectivity index is 2.60. The van der Waals surface area contributed by atoms with Crippen molar-refractivity contribution >= 4 is 11.8 Å². The molecule has 0 radical (unpaired) electrons. The molecule has 2 amide bonds. The van der Waals surface area contributed by atoms with Gasteiger partial charge in [-0.15, -0.1) is 0 Å². The molecule has 1 atom stereocenters. The summed E-state index contributed by atoms with van der Waals surface area (Å²) in [6.07, 6.45) is -0.254. The van der Waals surface area contributed by atoms with Crippen LogP contribution in [0.1, 0.15) is 24.9 Å². The predicted molar refractivity (Wildman–Crippen MR) is 85.3 cm³/mol. The van der Waals surface area contributed by atoms with Crippen LogP contribution in [-0.4, -0.2) is 45.2 Å². The highest BCUT2D eigenvalue weighted by Crippen LogP contribution is 2.23. The van der Waals surface area contributed by atoms with E-state index in [2.05, 4.69) is 16.0 Å². The van der Waals surface area contributed by atoms with Gasteiger partial charge in [0.2, 0.25) is 11.8 Å². The van der Waals surface area contributed by atoms with Gasteiger partial charge in [-0.3, -0.25) is 9.59 Å². The van der Waals surface area contributed by atoms with Crippen LogP contribution in [0.5, 0.6) is 0 Å². The molecule has 1 aromatic carbocycles. The maximum Gasteiger partial charge on any atom is 0.222 e. The summed E-state index contributed by atoms with van der Waals surface area (Å²) < 4.78 is 32.6. The molecule has 6 nitrogen and oxygen atoms in total. The molecule has 1 unspecified atom stereocenters. The first-order chi connectivity index (χ1) is 11.5. The van der Waals surface area contributed by atoms with Crippen molar-refractivity contribution < 1.29 is 23.1 Å². The minimum Gasteiger partial charge on any atom is -0.383 e. The Morgan fingerprint density at radius 1 is 1.17 bits per heavy atom. The number of carbonyl (C=O) groups is 2. The summed E-state index contributed by atoms with van der Waals surface area (Å²) in [5.41, 5.74) is -0.318. The number of benzene rings is 1. The standard InChI is InChI=1S/C16H23F2N3O3/c1-11(22)21-14(16-12(17)4-3-5-13(16)18)10-15(23)20-7-6-19-8-9-24-2/h3-5,14,19H,6-10H2,1-2H3,(H,20,23)(H,21,22). The molecule has 0 saturated heterocycles. The first-order valence-electron chi connectivity index (χ1n) is 7.63. The highest BCUT2D eigenvalue weighted by Gasteiger charge is 2.23. The Bertz CT molecular complexity index is 535. The number of hydrogen-bond donors (Lipinski definition) is 3. The molecule has 0 spiro atoms. The largest absolute Gasteiger partial charge is 0.383 e. The Kier molecular flexibility index (Phi) is 8.88.